The zero-order valence-electron chi connectivity index (χ0n) is 11.5. The highest BCUT2D eigenvalue weighted by Crippen LogP contribution is 2.36. The van der Waals surface area contributed by atoms with Crippen LogP contribution in [0.5, 0.6) is 0 Å². The van der Waals surface area contributed by atoms with Crippen molar-refractivity contribution in [1.82, 2.24) is 4.90 Å². The first-order valence-corrected chi connectivity index (χ1v) is 7.32. The van der Waals surface area contributed by atoms with Gasteiger partial charge >= 0.3 is 6.09 Å². The molecule has 1 unspecified atom stereocenters. The topological polar surface area (TPSA) is 29.5 Å². The van der Waals surface area contributed by atoms with Crippen molar-refractivity contribution in [3.05, 3.63) is 0 Å². The van der Waals surface area contributed by atoms with Crippen LogP contribution >= 0.6 is 15.9 Å². The summed E-state index contributed by atoms with van der Waals surface area (Å²) in [7, 11) is 0. The van der Waals surface area contributed by atoms with Crippen molar-refractivity contribution in [1.29, 1.82) is 0 Å². The van der Waals surface area contributed by atoms with Crippen LogP contribution in [0.15, 0.2) is 0 Å². The molecule has 0 bridgehead atoms. The molecular formula is C13H24BrNO2. The number of likely N-dealkylation sites (tertiary alicyclic amines) is 1. The number of piperidine rings is 1. The van der Waals surface area contributed by atoms with Gasteiger partial charge in [0, 0.05) is 18.4 Å². The molecule has 1 atom stereocenters. The van der Waals surface area contributed by atoms with E-state index in [0.717, 1.165) is 24.8 Å². The van der Waals surface area contributed by atoms with E-state index in [-0.39, 0.29) is 6.09 Å². The van der Waals surface area contributed by atoms with Crippen LogP contribution in [0.25, 0.3) is 0 Å². The normalized spacial score (nSPS) is 24.6. The summed E-state index contributed by atoms with van der Waals surface area (Å²) < 4.78 is 5.41. The molecule has 1 fully saturated rings. The van der Waals surface area contributed by atoms with Crippen LogP contribution in [0.2, 0.25) is 0 Å². The van der Waals surface area contributed by atoms with Gasteiger partial charge in [-0.25, -0.2) is 4.79 Å². The first-order valence-electron chi connectivity index (χ1n) is 6.19. The number of carbonyl (C=O) groups is 1. The quantitative estimate of drug-likeness (QED) is 0.692. The van der Waals surface area contributed by atoms with Gasteiger partial charge in [0.05, 0.1) is 0 Å². The van der Waals surface area contributed by atoms with Crippen LogP contribution < -0.4 is 0 Å². The molecule has 1 aliphatic heterocycles. The zero-order chi connectivity index (χ0) is 13.3. The summed E-state index contributed by atoms with van der Waals surface area (Å²) in [6, 6.07) is 0. The Morgan fingerprint density at radius 2 is 2.06 bits per heavy atom. The minimum Gasteiger partial charge on any atom is -0.444 e. The lowest BCUT2D eigenvalue weighted by molar-refractivity contribution is 0.00253. The van der Waals surface area contributed by atoms with E-state index in [2.05, 4.69) is 29.8 Å². The van der Waals surface area contributed by atoms with Crippen molar-refractivity contribution in [3.8, 4) is 0 Å². The molecule has 0 aromatic heterocycles. The molecule has 1 heterocycles. The van der Waals surface area contributed by atoms with Gasteiger partial charge in [0.15, 0.2) is 0 Å². The minimum absolute atomic E-state index is 0.182. The third kappa shape index (κ3) is 4.16. The smallest absolute Gasteiger partial charge is 0.410 e. The number of hydrogen-bond acceptors (Lipinski definition) is 2. The number of amides is 1. The molecule has 0 N–H and O–H groups in total. The predicted molar refractivity (Wildman–Crippen MR) is 73.5 cm³/mol. The third-order valence-corrected chi connectivity index (χ3v) is 4.19. The summed E-state index contributed by atoms with van der Waals surface area (Å²) in [6.45, 7) is 11.8. The van der Waals surface area contributed by atoms with Crippen molar-refractivity contribution in [2.75, 3.05) is 18.4 Å². The first kappa shape index (κ1) is 14.8. The number of nitrogens with zero attached hydrogens (tertiary/aromatic N) is 1. The van der Waals surface area contributed by atoms with E-state index < -0.39 is 5.60 Å². The van der Waals surface area contributed by atoms with Crippen LogP contribution in [0, 0.1) is 11.3 Å². The molecule has 0 saturated carbocycles. The number of carbonyl (C=O) groups excluding carboxylic acids is 1. The molecule has 0 aromatic rings. The molecule has 1 rings (SSSR count). The molecule has 0 radical (unpaired) electrons. The van der Waals surface area contributed by atoms with Gasteiger partial charge < -0.3 is 9.64 Å². The lowest BCUT2D eigenvalue weighted by Gasteiger charge is -2.43. The molecule has 100 valence electrons. The Bertz CT molecular complexity index is 284. The Balaban J connectivity index is 2.61. The molecule has 1 amide bonds. The maximum Gasteiger partial charge on any atom is 0.410 e. The van der Waals surface area contributed by atoms with E-state index in [1.54, 1.807) is 0 Å². The Kier molecular flexibility index (Phi) is 4.50. The number of ether oxygens (including phenoxy) is 1. The largest absolute Gasteiger partial charge is 0.444 e. The van der Waals surface area contributed by atoms with Gasteiger partial charge in [-0.2, -0.15) is 0 Å². The Labute approximate surface area is 113 Å². The molecule has 0 aliphatic carbocycles. The third-order valence-electron chi connectivity index (χ3n) is 3.41. The molecule has 4 heteroatoms. The standard InChI is InChI=1S/C13H24BrNO2/c1-12(2,3)17-11(16)15-7-6-13(4,5)10(8-14)9-15/h10H,6-9H2,1-5H3. The molecular weight excluding hydrogens is 282 g/mol. The van der Waals surface area contributed by atoms with Crippen LogP contribution in [0.1, 0.15) is 41.0 Å². The highest BCUT2D eigenvalue weighted by atomic mass is 79.9. The van der Waals surface area contributed by atoms with Crippen molar-refractivity contribution < 1.29 is 9.53 Å². The van der Waals surface area contributed by atoms with Gasteiger partial charge in [-0.15, -0.1) is 0 Å². The molecule has 3 nitrogen and oxygen atoms in total. The first-order chi connectivity index (χ1) is 7.65. The Morgan fingerprint density at radius 3 is 2.53 bits per heavy atom. The summed E-state index contributed by atoms with van der Waals surface area (Å²) >= 11 is 3.55. The van der Waals surface area contributed by atoms with Crippen LogP contribution in [-0.2, 0) is 4.74 Å². The van der Waals surface area contributed by atoms with Crippen LogP contribution in [0.3, 0.4) is 0 Å². The average molecular weight is 306 g/mol. The van der Waals surface area contributed by atoms with Gasteiger partial charge in [0.25, 0.3) is 0 Å². The van der Waals surface area contributed by atoms with Gasteiger partial charge in [-0.3, -0.25) is 0 Å². The van der Waals surface area contributed by atoms with Crippen molar-refractivity contribution in [2.24, 2.45) is 11.3 Å². The van der Waals surface area contributed by atoms with E-state index in [9.17, 15) is 4.79 Å². The van der Waals surface area contributed by atoms with E-state index in [0.29, 0.717) is 11.3 Å². The Hall–Kier alpha value is -0.250. The predicted octanol–water partition coefficient (Wildman–Crippen LogP) is 3.66. The molecule has 0 spiro atoms. The van der Waals surface area contributed by atoms with Crippen LogP contribution in [-0.4, -0.2) is 35.0 Å². The number of rotatable bonds is 1. The molecule has 1 saturated heterocycles. The lowest BCUT2D eigenvalue weighted by Crippen LogP contribution is -2.49. The maximum atomic E-state index is 12.0. The second kappa shape index (κ2) is 5.17. The Morgan fingerprint density at radius 1 is 1.47 bits per heavy atom. The summed E-state index contributed by atoms with van der Waals surface area (Å²) in [6.07, 6.45) is 0.849. The van der Waals surface area contributed by atoms with Gasteiger partial charge in [0.2, 0.25) is 0 Å². The molecule has 1 aliphatic rings. The summed E-state index contributed by atoms with van der Waals surface area (Å²) in [4.78, 5) is 13.8. The second-order valence-corrected chi connectivity index (χ2v) is 7.16. The van der Waals surface area contributed by atoms with E-state index in [4.69, 9.17) is 4.74 Å². The van der Waals surface area contributed by atoms with Gasteiger partial charge in [-0.05, 0) is 38.5 Å². The zero-order valence-corrected chi connectivity index (χ0v) is 13.1. The number of hydrogen-bond donors (Lipinski definition) is 0. The van der Waals surface area contributed by atoms with E-state index >= 15 is 0 Å². The van der Waals surface area contributed by atoms with E-state index in [1.165, 1.54) is 0 Å². The van der Waals surface area contributed by atoms with Crippen molar-refractivity contribution in [2.45, 2.75) is 46.6 Å². The number of alkyl halides is 1. The fourth-order valence-electron chi connectivity index (χ4n) is 1.98. The summed E-state index contributed by atoms with van der Waals surface area (Å²) in [5.74, 6) is 0.490. The monoisotopic (exact) mass is 305 g/mol. The molecule has 17 heavy (non-hydrogen) atoms. The SMILES string of the molecule is CC(C)(C)OC(=O)N1CCC(C)(C)C(CBr)C1. The second-order valence-electron chi connectivity index (χ2n) is 6.52. The fraction of sp³-hybridized carbons (Fsp3) is 0.923. The van der Waals surface area contributed by atoms with E-state index in [1.807, 2.05) is 25.7 Å². The van der Waals surface area contributed by atoms with Crippen LogP contribution in [0.4, 0.5) is 4.79 Å². The van der Waals surface area contributed by atoms with Gasteiger partial charge in [0.1, 0.15) is 5.60 Å². The maximum absolute atomic E-state index is 12.0. The minimum atomic E-state index is -0.409. The highest BCUT2D eigenvalue weighted by molar-refractivity contribution is 9.09. The average Bonchev–Trinajstić information content (AvgIpc) is 2.14. The summed E-state index contributed by atoms with van der Waals surface area (Å²) in [5.41, 5.74) is -0.115. The van der Waals surface area contributed by atoms with Crippen molar-refractivity contribution in [3.63, 3.8) is 0 Å². The molecule has 0 aromatic carbocycles. The lowest BCUT2D eigenvalue weighted by atomic mass is 9.74. The van der Waals surface area contributed by atoms with Crippen molar-refractivity contribution >= 4 is 22.0 Å². The van der Waals surface area contributed by atoms with Gasteiger partial charge in [-0.1, -0.05) is 29.8 Å². The highest BCUT2D eigenvalue weighted by Gasteiger charge is 2.37. The fourth-order valence-corrected chi connectivity index (χ4v) is 3.06. The summed E-state index contributed by atoms with van der Waals surface area (Å²) in [5, 5.41) is 0.930. The number of halogens is 1.